The SMILES string of the molecule is Cc1nc(SCC(=O)N2CC(=O)NC(=O)C23CCCCC3)c(C#N)c(C)c1C. The smallest absolute Gasteiger partial charge is 0.252 e. The summed E-state index contributed by atoms with van der Waals surface area (Å²) in [4.78, 5) is 43.5. The number of nitrogens with zero attached hydrogens (tertiary/aromatic N) is 3. The van der Waals surface area contributed by atoms with Gasteiger partial charge in [-0.05, 0) is 44.7 Å². The first kappa shape index (κ1) is 20.3. The van der Waals surface area contributed by atoms with Crippen LogP contribution in [0.2, 0.25) is 0 Å². The van der Waals surface area contributed by atoms with Gasteiger partial charge >= 0.3 is 0 Å². The molecule has 148 valence electrons. The molecule has 8 heteroatoms. The van der Waals surface area contributed by atoms with E-state index in [-0.39, 0.29) is 24.1 Å². The topological polar surface area (TPSA) is 103 Å². The fourth-order valence-corrected chi connectivity index (χ4v) is 4.98. The molecule has 0 unspecified atom stereocenters. The predicted molar refractivity (Wildman–Crippen MR) is 105 cm³/mol. The number of piperazine rings is 1. The Bertz CT molecular complexity index is 884. The van der Waals surface area contributed by atoms with Gasteiger partial charge in [0.1, 0.15) is 23.2 Å². The van der Waals surface area contributed by atoms with Gasteiger partial charge in [-0.25, -0.2) is 4.98 Å². The number of aryl methyl sites for hydroxylation is 1. The van der Waals surface area contributed by atoms with Gasteiger partial charge in [0.2, 0.25) is 11.8 Å². The molecule has 2 fully saturated rings. The highest BCUT2D eigenvalue weighted by atomic mass is 32.2. The van der Waals surface area contributed by atoms with Crippen LogP contribution in [0.1, 0.15) is 54.5 Å². The van der Waals surface area contributed by atoms with Gasteiger partial charge in [-0.3, -0.25) is 19.7 Å². The second-order valence-corrected chi connectivity index (χ2v) is 8.44. The number of hydrogen-bond donors (Lipinski definition) is 1. The van der Waals surface area contributed by atoms with Crippen LogP contribution in [0.4, 0.5) is 0 Å². The Hall–Kier alpha value is -2.40. The lowest BCUT2D eigenvalue weighted by molar-refractivity contribution is -0.158. The molecule has 1 spiro atoms. The van der Waals surface area contributed by atoms with E-state index in [1.54, 1.807) is 0 Å². The molecule has 7 nitrogen and oxygen atoms in total. The van der Waals surface area contributed by atoms with Crippen LogP contribution < -0.4 is 5.32 Å². The number of amides is 3. The molecule has 0 bridgehead atoms. The summed E-state index contributed by atoms with van der Waals surface area (Å²) in [5.41, 5.74) is 2.20. The largest absolute Gasteiger partial charge is 0.318 e. The molecule has 1 aromatic rings. The number of rotatable bonds is 3. The van der Waals surface area contributed by atoms with Crippen molar-refractivity contribution in [3.05, 3.63) is 22.4 Å². The van der Waals surface area contributed by atoms with Crippen molar-refractivity contribution in [2.75, 3.05) is 12.3 Å². The summed E-state index contributed by atoms with van der Waals surface area (Å²) >= 11 is 1.19. The third-order valence-electron chi connectivity index (χ3n) is 5.88. The third kappa shape index (κ3) is 3.51. The van der Waals surface area contributed by atoms with Crippen molar-refractivity contribution in [3.63, 3.8) is 0 Å². The van der Waals surface area contributed by atoms with Crippen molar-refractivity contribution < 1.29 is 14.4 Å². The van der Waals surface area contributed by atoms with Crippen LogP contribution in [-0.4, -0.2) is 45.4 Å². The molecule has 2 heterocycles. The Morgan fingerprint density at radius 1 is 1.21 bits per heavy atom. The van der Waals surface area contributed by atoms with Gasteiger partial charge < -0.3 is 4.90 Å². The zero-order valence-corrected chi connectivity index (χ0v) is 17.2. The molecule has 3 rings (SSSR count). The van der Waals surface area contributed by atoms with Gasteiger partial charge in [0.15, 0.2) is 0 Å². The summed E-state index contributed by atoms with van der Waals surface area (Å²) in [6, 6.07) is 2.18. The lowest BCUT2D eigenvalue weighted by Gasteiger charge is -2.47. The van der Waals surface area contributed by atoms with E-state index in [1.807, 2.05) is 20.8 Å². The molecule has 1 N–H and O–H groups in total. The first-order chi connectivity index (χ1) is 13.3. The van der Waals surface area contributed by atoms with Gasteiger partial charge in [0, 0.05) is 5.69 Å². The molecule has 1 saturated carbocycles. The van der Waals surface area contributed by atoms with E-state index in [4.69, 9.17) is 0 Å². The average Bonchev–Trinajstić information content (AvgIpc) is 2.68. The van der Waals surface area contributed by atoms with Crippen LogP contribution in [-0.2, 0) is 14.4 Å². The second kappa shape index (κ2) is 7.92. The first-order valence-corrected chi connectivity index (χ1v) is 10.4. The minimum atomic E-state index is -0.922. The van der Waals surface area contributed by atoms with Crippen LogP contribution in [0, 0.1) is 32.1 Å². The Balaban J connectivity index is 1.83. The molecule has 0 atom stereocenters. The van der Waals surface area contributed by atoms with Crippen molar-refractivity contribution in [1.82, 2.24) is 15.2 Å². The van der Waals surface area contributed by atoms with Crippen molar-refractivity contribution in [2.24, 2.45) is 0 Å². The molecule has 0 radical (unpaired) electrons. The Morgan fingerprint density at radius 2 is 1.89 bits per heavy atom. The average molecular weight is 401 g/mol. The van der Waals surface area contributed by atoms with E-state index in [0.717, 1.165) is 36.1 Å². The minimum absolute atomic E-state index is 0.0337. The van der Waals surface area contributed by atoms with E-state index in [9.17, 15) is 19.6 Å². The number of imide groups is 1. The quantitative estimate of drug-likeness (QED) is 0.616. The highest BCUT2D eigenvalue weighted by molar-refractivity contribution is 8.00. The maximum atomic E-state index is 13.0. The Morgan fingerprint density at radius 3 is 2.54 bits per heavy atom. The van der Waals surface area contributed by atoms with Crippen molar-refractivity contribution >= 4 is 29.5 Å². The van der Waals surface area contributed by atoms with E-state index in [1.165, 1.54) is 16.7 Å². The summed E-state index contributed by atoms with van der Waals surface area (Å²) in [5.74, 6) is -1.04. The van der Waals surface area contributed by atoms with E-state index in [2.05, 4.69) is 16.4 Å². The van der Waals surface area contributed by atoms with Crippen LogP contribution in [0.3, 0.4) is 0 Å². The highest BCUT2D eigenvalue weighted by Gasteiger charge is 2.50. The summed E-state index contributed by atoms with van der Waals surface area (Å²) in [5, 5.41) is 12.4. The number of nitriles is 1. The van der Waals surface area contributed by atoms with E-state index in [0.29, 0.717) is 23.4 Å². The van der Waals surface area contributed by atoms with Crippen molar-refractivity contribution in [1.29, 1.82) is 5.26 Å². The van der Waals surface area contributed by atoms with Gasteiger partial charge in [0.05, 0.1) is 11.3 Å². The third-order valence-corrected chi connectivity index (χ3v) is 6.84. The number of thioether (sulfide) groups is 1. The van der Waals surface area contributed by atoms with Gasteiger partial charge in [0.25, 0.3) is 5.91 Å². The minimum Gasteiger partial charge on any atom is -0.318 e. The molecule has 3 amide bonds. The monoisotopic (exact) mass is 400 g/mol. The highest BCUT2D eigenvalue weighted by Crippen LogP contribution is 2.36. The zero-order valence-electron chi connectivity index (χ0n) is 16.4. The van der Waals surface area contributed by atoms with Crippen LogP contribution in [0.5, 0.6) is 0 Å². The fraction of sp³-hybridized carbons (Fsp3) is 0.550. The molecule has 0 aromatic carbocycles. The van der Waals surface area contributed by atoms with Crippen LogP contribution >= 0.6 is 11.8 Å². The summed E-state index contributed by atoms with van der Waals surface area (Å²) in [6.07, 6.45) is 3.89. The second-order valence-electron chi connectivity index (χ2n) is 7.48. The van der Waals surface area contributed by atoms with Gasteiger partial charge in [-0.1, -0.05) is 31.0 Å². The molecule has 1 aliphatic heterocycles. The molecule has 1 aliphatic carbocycles. The maximum Gasteiger partial charge on any atom is 0.252 e. The molecule has 1 aromatic heterocycles. The lowest BCUT2D eigenvalue weighted by Crippen LogP contribution is -2.69. The number of hydrogen-bond acceptors (Lipinski definition) is 6. The molecule has 2 aliphatic rings. The standard InChI is InChI=1S/C20H24N4O3S/c1-12-13(2)15(9-21)18(22-14(12)3)28-11-17(26)24-10-16(25)23-19(27)20(24)7-5-4-6-8-20/h4-8,10-11H2,1-3H3,(H,23,25,27). The first-order valence-electron chi connectivity index (χ1n) is 9.45. The number of nitrogens with one attached hydrogen (secondary N) is 1. The molecular formula is C20H24N4O3S. The number of carbonyl (C=O) groups excluding carboxylic acids is 3. The summed E-state index contributed by atoms with van der Waals surface area (Å²) in [6.45, 7) is 5.57. The maximum absolute atomic E-state index is 13.0. The van der Waals surface area contributed by atoms with Gasteiger partial charge in [-0.2, -0.15) is 5.26 Å². The number of carbonyl (C=O) groups is 3. The Labute approximate surface area is 168 Å². The normalized spacial score (nSPS) is 18.7. The Kier molecular flexibility index (Phi) is 5.75. The number of aromatic nitrogens is 1. The fourth-order valence-electron chi connectivity index (χ4n) is 4.02. The molecule has 28 heavy (non-hydrogen) atoms. The molecular weight excluding hydrogens is 376 g/mol. The van der Waals surface area contributed by atoms with Crippen molar-refractivity contribution in [3.8, 4) is 6.07 Å². The summed E-state index contributed by atoms with van der Waals surface area (Å²) in [7, 11) is 0. The lowest BCUT2D eigenvalue weighted by atomic mass is 9.78. The summed E-state index contributed by atoms with van der Waals surface area (Å²) < 4.78 is 0. The van der Waals surface area contributed by atoms with Crippen molar-refractivity contribution in [2.45, 2.75) is 63.4 Å². The predicted octanol–water partition coefficient (Wildman–Crippen LogP) is 2.16. The number of pyridine rings is 1. The zero-order chi connectivity index (χ0) is 20.5. The van der Waals surface area contributed by atoms with Crippen LogP contribution in [0.15, 0.2) is 5.03 Å². The van der Waals surface area contributed by atoms with Gasteiger partial charge in [-0.15, -0.1) is 0 Å². The van der Waals surface area contributed by atoms with E-state index < -0.39 is 11.4 Å². The van der Waals surface area contributed by atoms with E-state index >= 15 is 0 Å². The molecule has 1 saturated heterocycles. The van der Waals surface area contributed by atoms with Crippen LogP contribution in [0.25, 0.3) is 0 Å².